The normalized spacial score (nSPS) is 11.4. The van der Waals surface area contributed by atoms with Gasteiger partial charge in [-0.2, -0.15) is 13.8 Å². The summed E-state index contributed by atoms with van der Waals surface area (Å²) in [6, 6.07) is 1.89. The van der Waals surface area contributed by atoms with Gasteiger partial charge >= 0.3 is 0 Å². The van der Waals surface area contributed by atoms with E-state index in [0.29, 0.717) is 12.8 Å². The summed E-state index contributed by atoms with van der Waals surface area (Å²) in [6.45, 7) is 1.84. The van der Waals surface area contributed by atoms with Crippen LogP contribution in [0.15, 0.2) is 12.1 Å². The maximum atomic E-state index is 13.0. The second-order valence-corrected chi connectivity index (χ2v) is 5.09. The molecule has 0 saturated carbocycles. The first-order valence-electron chi connectivity index (χ1n) is 4.77. The fourth-order valence-electron chi connectivity index (χ4n) is 1.04. The number of hydrogen-bond donors (Lipinski definition) is 1. The third kappa shape index (κ3) is 3.73. The van der Waals surface area contributed by atoms with Crippen molar-refractivity contribution in [3.05, 3.63) is 24.0 Å². The molecule has 1 aromatic heterocycles. The van der Waals surface area contributed by atoms with E-state index in [0.717, 1.165) is 12.1 Å². The van der Waals surface area contributed by atoms with Crippen molar-refractivity contribution in [1.82, 2.24) is 4.98 Å². The molecule has 1 heterocycles. The molecule has 4 nitrogen and oxygen atoms in total. The molecule has 0 spiro atoms. The van der Waals surface area contributed by atoms with Crippen LogP contribution >= 0.6 is 0 Å². The summed E-state index contributed by atoms with van der Waals surface area (Å²) in [6.07, 6.45) is 1.19. The number of nitrogens with one attached hydrogen (secondary N) is 1. The number of hydrogen-bond acceptors (Lipinski definition) is 3. The Morgan fingerprint density at radius 1 is 1.38 bits per heavy atom. The zero-order valence-electron chi connectivity index (χ0n) is 8.70. The van der Waals surface area contributed by atoms with Crippen molar-refractivity contribution in [3.8, 4) is 0 Å². The number of aromatic nitrogens is 1. The topological polar surface area (TPSA) is 59.1 Å². The monoisotopic (exact) mass is 250 g/mol. The Kier molecular flexibility index (Phi) is 4.17. The van der Waals surface area contributed by atoms with E-state index in [1.165, 1.54) is 0 Å². The van der Waals surface area contributed by atoms with Crippen molar-refractivity contribution in [1.29, 1.82) is 0 Å². The van der Waals surface area contributed by atoms with Crippen molar-refractivity contribution in [3.63, 3.8) is 0 Å². The Labute approximate surface area is 92.8 Å². The van der Waals surface area contributed by atoms with Crippen molar-refractivity contribution < 1.29 is 17.2 Å². The Morgan fingerprint density at radius 3 is 2.62 bits per heavy atom. The SMILES string of the molecule is CCCCS(=O)(=O)Nc1ccc(F)nc1F. The smallest absolute Gasteiger partial charge is 0.239 e. The molecule has 16 heavy (non-hydrogen) atoms. The zero-order valence-corrected chi connectivity index (χ0v) is 9.52. The minimum absolute atomic E-state index is 0.0969. The van der Waals surface area contributed by atoms with Crippen molar-refractivity contribution in [2.45, 2.75) is 19.8 Å². The minimum Gasteiger partial charge on any atom is -0.279 e. The predicted molar refractivity (Wildman–Crippen MR) is 56.5 cm³/mol. The van der Waals surface area contributed by atoms with Gasteiger partial charge in [-0.1, -0.05) is 13.3 Å². The van der Waals surface area contributed by atoms with Gasteiger partial charge in [0, 0.05) is 0 Å². The van der Waals surface area contributed by atoms with Crippen LogP contribution in [0.2, 0.25) is 0 Å². The van der Waals surface area contributed by atoms with Crippen LogP contribution in [0.3, 0.4) is 0 Å². The zero-order chi connectivity index (χ0) is 12.2. The molecule has 0 atom stereocenters. The van der Waals surface area contributed by atoms with E-state index < -0.39 is 21.9 Å². The molecular formula is C9H12F2N2O2S. The van der Waals surface area contributed by atoms with Gasteiger partial charge in [0.05, 0.1) is 5.75 Å². The molecule has 0 aromatic carbocycles. The van der Waals surface area contributed by atoms with Gasteiger partial charge in [-0.3, -0.25) is 4.72 Å². The fourth-order valence-corrected chi connectivity index (χ4v) is 2.30. The first-order chi connectivity index (χ1) is 7.44. The molecule has 0 bridgehead atoms. The molecule has 0 radical (unpaired) electrons. The van der Waals surface area contributed by atoms with E-state index >= 15 is 0 Å². The highest BCUT2D eigenvalue weighted by Crippen LogP contribution is 2.14. The van der Waals surface area contributed by atoms with Crippen LogP contribution in [-0.2, 0) is 10.0 Å². The number of nitrogens with zero attached hydrogens (tertiary/aromatic N) is 1. The third-order valence-corrected chi connectivity index (χ3v) is 3.20. The quantitative estimate of drug-likeness (QED) is 0.812. The average Bonchev–Trinajstić information content (AvgIpc) is 2.19. The van der Waals surface area contributed by atoms with Gasteiger partial charge < -0.3 is 0 Å². The molecule has 7 heteroatoms. The molecule has 0 saturated heterocycles. The lowest BCUT2D eigenvalue weighted by Crippen LogP contribution is -2.17. The Morgan fingerprint density at radius 2 is 2.06 bits per heavy atom. The first kappa shape index (κ1) is 12.8. The molecule has 1 N–H and O–H groups in total. The van der Waals surface area contributed by atoms with Crippen LogP contribution in [0, 0.1) is 11.9 Å². The highest BCUT2D eigenvalue weighted by molar-refractivity contribution is 7.92. The lowest BCUT2D eigenvalue weighted by molar-refractivity contribution is 0.515. The molecule has 1 aromatic rings. The highest BCUT2D eigenvalue weighted by atomic mass is 32.2. The minimum atomic E-state index is -3.58. The molecule has 0 aliphatic rings. The highest BCUT2D eigenvalue weighted by Gasteiger charge is 2.13. The number of halogens is 2. The summed E-state index contributed by atoms with van der Waals surface area (Å²) >= 11 is 0. The second kappa shape index (κ2) is 5.20. The summed E-state index contributed by atoms with van der Waals surface area (Å²) in [5.41, 5.74) is -0.336. The maximum absolute atomic E-state index is 13.0. The maximum Gasteiger partial charge on any atom is 0.239 e. The molecule has 0 fully saturated rings. The van der Waals surface area contributed by atoms with E-state index in [4.69, 9.17) is 0 Å². The number of anilines is 1. The molecule has 0 amide bonds. The largest absolute Gasteiger partial charge is 0.279 e. The summed E-state index contributed by atoms with van der Waals surface area (Å²) in [5, 5.41) is 0. The van der Waals surface area contributed by atoms with Crippen LogP contribution in [0.4, 0.5) is 14.5 Å². The van der Waals surface area contributed by atoms with Gasteiger partial charge in [-0.15, -0.1) is 0 Å². The van der Waals surface area contributed by atoms with Crippen molar-refractivity contribution in [2.24, 2.45) is 0 Å². The van der Waals surface area contributed by atoms with Crippen molar-refractivity contribution >= 4 is 15.7 Å². The summed E-state index contributed by atoms with van der Waals surface area (Å²) in [7, 11) is -3.58. The third-order valence-electron chi connectivity index (χ3n) is 1.85. The van der Waals surface area contributed by atoms with Gasteiger partial charge in [0.15, 0.2) is 0 Å². The Balaban J connectivity index is 2.80. The summed E-state index contributed by atoms with van der Waals surface area (Å²) in [5.74, 6) is -2.26. The van der Waals surface area contributed by atoms with Gasteiger partial charge in [0.1, 0.15) is 5.69 Å². The summed E-state index contributed by atoms with van der Waals surface area (Å²) < 4.78 is 50.3. The van der Waals surface area contributed by atoms with Crippen LogP contribution < -0.4 is 4.72 Å². The average molecular weight is 250 g/mol. The number of rotatable bonds is 5. The van der Waals surface area contributed by atoms with E-state index in [2.05, 4.69) is 4.98 Å². The molecule has 90 valence electrons. The van der Waals surface area contributed by atoms with Crippen molar-refractivity contribution in [2.75, 3.05) is 10.5 Å². The van der Waals surface area contributed by atoms with Gasteiger partial charge in [0.25, 0.3) is 0 Å². The van der Waals surface area contributed by atoms with E-state index in [-0.39, 0.29) is 11.4 Å². The summed E-state index contributed by atoms with van der Waals surface area (Å²) in [4.78, 5) is 2.88. The second-order valence-electron chi connectivity index (χ2n) is 3.25. The van der Waals surface area contributed by atoms with E-state index in [1.807, 2.05) is 11.6 Å². The van der Waals surface area contributed by atoms with Gasteiger partial charge in [-0.05, 0) is 18.6 Å². The van der Waals surface area contributed by atoms with Crippen LogP contribution in [0.5, 0.6) is 0 Å². The molecule has 1 rings (SSSR count). The van der Waals surface area contributed by atoms with E-state index in [9.17, 15) is 17.2 Å². The Hall–Kier alpha value is -1.24. The lowest BCUT2D eigenvalue weighted by atomic mass is 10.4. The predicted octanol–water partition coefficient (Wildman–Crippen LogP) is 1.90. The van der Waals surface area contributed by atoms with Gasteiger partial charge in [0.2, 0.25) is 21.9 Å². The fraction of sp³-hybridized carbons (Fsp3) is 0.444. The molecular weight excluding hydrogens is 238 g/mol. The molecule has 0 unspecified atom stereocenters. The molecule has 0 aliphatic carbocycles. The number of pyridine rings is 1. The van der Waals surface area contributed by atoms with Crippen LogP contribution in [0.1, 0.15) is 19.8 Å². The Bertz CT molecular complexity index is 463. The standard InChI is InChI=1S/C9H12F2N2O2S/c1-2-3-6-16(14,15)13-7-4-5-8(10)12-9(7)11/h4-5,13H,2-3,6H2,1H3. The molecule has 0 aliphatic heterocycles. The number of unbranched alkanes of at least 4 members (excludes halogenated alkanes) is 1. The van der Waals surface area contributed by atoms with Crippen LogP contribution in [-0.4, -0.2) is 19.2 Å². The van der Waals surface area contributed by atoms with E-state index in [1.54, 1.807) is 0 Å². The number of sulfonamides is 1. The first-order valence-corrected chi connectivity index (χ1v) is 6.42. The lowest BCUT2D eigenvalue weighted by Gasteiger charge is -2.07. The van der Waals surface area contributed by atoms with Gasteiger partial charge in [-0.25, -0.2) is 8.42 Å². The van der Waals surface area contributed by atoms with Crippen LogP contribution in [0.25, 0.3) is 0 Å².